The molecule has 0 saturated carbocycles. The first kappa shape index (κ1) is 23.5. The van der Waals surface area contributed by atoms with Gasteiger partial charge in [-0.15, -0.1) is 0 Å². The second kappa shape index (κ2) is 11.0. The van der Waals surface area contributed by atoms with Gasteiger partial charge in [-0.25, -0.2) is 9.80 Å². The zero-order chi connectivity index (χ0) is 24.6. The molecular formula is C27H23N3O5. The van der Waals surface area contributed by atoms with E-state index in [4.69, 9.17) is 19.5 Å². The molecule has 35 heavy (non-hydrogen) atoms. The largest absolute Gasteiger partial charge is 0.497 e. The van der Waals surface area contributed by atoms with Crippen molar-refractivity contribution in [1.82, 2.24) is 5.01 Å². The highest BCUT2D eigenvalue weighted by molar-refractivity contribution is 6.03. The Kier molecular flexibility index (Phi) is 7.38. The van der Waals surface area contributed by atoms with E-state index >= 15 is 0 Å². The SMILES string of the molecule is COc1ccc([C@@H]2CC(c3ccccc3)=NN2C(=O)COC(=O)COc2ccccc2C#N)cc1. The summed E-state index contributed by atoms with van der Waals surface area (Å²) in [6.45, 7) is -0.910. The van der Waals surface area contributed by atoms with E-state index in [1.807, 2.05) is 60.7 Å². The summed E-state index contributed by atoms with van der Waals surface area (Å²) in [5, 5.41) is 15.0. The van der Waals surface area contributed by atoms with Gasteiger partial charge in [0, 0.05) is 6.42 Å². The van der Waals surface area contributed by atoms with Gasteiger partial charge in [0.25, 0.3) is 5.91 Å². The van der Waals surface area contributed by atoms with Gasteiger partial charge in [0.05, 0.1) is 24.4 Å². The van der Waals surface area contributed by atoms with E-state index in [0.29, 0.717) is 17.7 Å². The molecule has 3 aromatic carbocycles. The van der Waals surface area contributed by atoms with Crippen molar-refractivity contribution in [3.63, 3.8) is 0 Å². The Labute approximate surface area is 203 Å². The summed E-state index contributed by atoms with van der Waals surface area (Å²) in [6, 6.07) is 25.3. The lowest BCUT2D eigenvalue weighted by atomic mass is 9.98. The van der Waals surface area contributed by atoms with Crippen LogP contribution in [0.5, 0.6) is 11.5 Å². The molecule has 176 valence electrons. The van der Waals surface area contributed by atoms with E-state index in [9.17, 15) is 9.59 Å². The number of methoxy groups -OCH3 is 1. The molecule has 1 aliphatic heterocycles. The molecule has 0 saturated heterocycles. The van der Waals surface area contributed by atoms with Crippen molar-refractivity contribution >= 4 is 17.6 Å². The molecule has 1 amide bonds. The van der Waals surface area contributed by atoms with Crippen molar-refractivity contribution in [2.75, 3.05) is 20.3 Å². The molecule has 4 rings (SSSR count). The average Bonchev–Trinajstić information content (AvgIpc) is 3.37. The molecular weight excluding hydrogens is 446 g/mol. The van der Waals surface area contributed by atoms with Crippen LogP contribution in [-0.2, 0) is 14.3 Å². The molecule has 0 spiro atoms. The van der Waals surface area contributed by atoms with Crippen LogP contribution in [0.1, 0.15) is 29.2 Å². The molecule has 0 aromatic heterocycles. The van der Waals surface area contributed by atoms with Gasteiger partial charge in [0.2, 0.25) is 0 Å². The van der Waals surface area contributed by atoms with E-state index in [1.54, 1.807) is 31.4 Å². The third kappa shape index (κ3) is 5.65. The normalized spacial score (nSPS) is 14.6. The Morgan fingerprint density at radius 2 is 1.71 bits per heavy atom. The molecule has 0 N–H and O–H groups in total. The van der Waals surface area contributed by atoms with Crippen molar-refractivity contribution in [2.45, 2.75) is 12.5 Å². The van der Waals surface area contributed by atoms with Gasteiger partial charge < -0.3 is 14.2 Å². The highest BCUT2D eigenvalue weighted by atomic mass is 16.6. The summed E-state index contributed by atoms with van der Waals surface area (Å²) < 4.78 is 15.8. The zero-order valence-electron chi connectivity index (χ0n) is 19.1. The fourth-order valence-electron chi connectivity index (χ4n) is 3.70. The molecule has 0 fully saturated rings. The van der Waals surface area contributed by atoms with E-state index in [2.05, 4.69) is 5.10 Å². The number of carbonyl (C=O) groups excluding carboxylic acids is 2. The topological polar surface area (TPSA) is 101 Å². The standard InChI is InChI=1S/C27H23N3O5/c1-33-22-13-11-20(12-14-22)24-15-23(19-7-3-2-4-8-19)29-30(24)26(31)17-35-27(32)18-34-25-10-6-5-9-21(25)16-28/h2-14,24H,15,17-18H2,1H3/t24-/m0/s1. The minimum absolute atomic E-state index is 0.273. The molecule has 1 aliphatic rings. The number of benzene rings is 3. The smallest absolute Gasteiger partial charge is 0.344 e. The van der Waals surface area contributed by atoms with Crippen LogP contribution >= 0.6 is 0 Å². The first-order chi connectivity index (χ1) is 17.1. The van der Waals surface area contributed by atoms with Crippen LogP contribution in [0.2, 0.25) is 0 Å². The zero-order valence-corrected chi connectivity index (χ0v) is 19.1. The predicted octanol–water partition coefficient (Wildman–Crippen LogP) is 3.87. The third-order valence-corrected chi connectivity index (χ3v) is 5.48. The van der Waals surface area contributed by atoms with Gasteiger partial charge in [-0.05, 0) is 35.4 Å². The van der Waals surface area contributed by atoms with Crippen molar-refractivity contribution in [3.8, 4) is 17.6 Å². The minimum atomic E-state index is -0.724. The molecule has 0 aliphatic carbocycles. The first-order valence-corrected chi connectivity index (χ1v) is 11.0. The maximum absolute atomic E-state index is 13.0. The quantitative estimate of drug-likeness (QED) is 0.464. The maximum atomic E-state index is 13.0. The number of para-hydroxylation sites is 1. The van der Waals surface area contributed by atoms with Crippen LogP contribution in [0.15, 0.2) is 84.0 Å². The fraction of sp³-hybridized carbons (Fsp3) is 0.185. The van der Waals surface area contributed by atoms with Gasteiger partial charge >= 0.3 is 5.97 Å². The van der Waals surface area contributed by atoms with Crippen LogP contribution in [0, 0.1) is 11.3 Å². The van der Waals surface area contributed by atoms with Crippen LogP contribution in [0.4, 0.5) is 0 Å². The summed E-state index contributed by atoms with van der Waals surface area (Å²) >= 11 is 0. The van der Waals surface area contributed by atoms with Crippen LogP contribution in [0.25, 0.3) is 0 Å². The van der Waals surface area contributed by atoms with Crippen LogP contribution < -0.4 is 9.47 Å². The number of esters is 1. The Hall–Kier alpha value is -4.64. The first-order valence-electron chi connectivity index (χ1n) is 11.0. The predicted molar refractivity (Wildman–Crippen MR) is 128 cm³/mol. The highest BCUT2D eigenvalue weighted by Gasteiger charge is 2.33. The molecule has 8 nitrogen and oxygen atoms in total. The van der Waals surface area contributed by atoms with E-state index in [-0.39, 0.29) is 11.8 Å². The van der Waals surface area contributed by atoms with Gasteiger partial charge in [0.15, 0.2) is 13.2 Å². The van der Waals surface area contributed by atoms with Gasteiger partial charge in [-0.1, -0.05) is 54.6 Å². The van der Waals surface area contributed by atoms with E-state index < -0.39 is 25.1 Å². The minimum Gasteiger partial charge on any atom is -0.497 e. The summed E-state index contributed by atoms with van der Waals surface area (Å²) in [6.07, 6.45) is 0.518. The number of carbonyl (C=O) groups is 2. The van der Waals surface area contributed by atoms with Crippen molar-refractivity contribution in [3.05, 3.63) is 95.6 Å². The van der Waals surface area contributed by atoms with E-state index in [1.165, 1.54) is 5.01 Å². The monoisotopic (exact) mass is 469 g/mol. The van der Waals surface area contributed by atoms with Gasteiger partial charge in [0.1, 0.15) is 17.6 Å². The number of ether oxygens (including phenoxy) is 3. The second-order valence-corrected chi connectivity index (χ2v) is 7.70. The fourth-order valence-corrected chi connectivity index (χ4v) is 3.70. The summed E-state index contributed by atoms with van der Waals surface area (Å²) in [4.78, 5) is 25.2. The van der Waals surface area contributed by atoms with Crippen LogP contribution in [-0.4, -0.2) is 42.9 Å². The van der Waals surface area contributed by atoms with Crippen LogP contribution in [0.3, 0.4) is 0 Å². The lowest BCUT2D eigenvalue weighted by molar-refractivity contribution is -0.154. The van der Waals surface area contributed by atoms with Gasteiger partial charge in [-0.2, -0.15) is 10.4 Å². The number of nitriles is 1. The molecule has 1 heterocycles. The lowest BCUT2D eigenvalue weighted by Gasteiger charge is -2.22. The Balaban J connectivity index is 1.44. The van der Waals surface area contributed by atoms with Crippen molar-refractivity contribution in [2.24, 2.45) is 5.10 Å². The molecule has 0 bridgehead atoms. The number of hydrazone groups is 1. The number of rotatable bonds is 8. The number of hydrogen-bond donors (Lipinski definition) is 0. The molecule has 8 heteroatoms. The van der Waals surface area contributed by atoms with Gasteiger partial charge in [-0.3, -0.25) is 4.79 Å². The molecule has 1 atom stereocenters. The Bertz CT molecular complexity index is 1270. The van der Waals surface area contributed by atoms with Crippen molar-refractivity contribution in [1.29, 1.82) is 5.26 Å². The maximum Gasteiger partial charge on any atom is 0.344 e. The lowest BCUT2D eigenvalue weighted by Crippen LogP contribution is -2.32. The Morgan fingerprint density at radius 1 is 1.00 bits per heavy atom. The highest BCUT2D eigenvalue weighted by Crippen LogP contribution is 2.33. The molecule has 0 radical (unpaired) electrons. The number of nitrogens with zero attached hydrogens (tertiary/aromatic N) is 3. The summed E-state index contributed by atoms with van der Waals surface area (Å²) in [5.41, 5.74) is 2.88. The molecule has 0 unspecified atom stereocenters. The average molecular weight is 469 g/mol. The summed E-state index contributed by atoms with van der Waals surface area (Å²) in [5.74, 6) is -0.198. The van der Waals surface area contributed by atoms with E-state index in [0.717, 1.165) is 16.8 Å². The summed E-state index contributed by atoms with van der Waals surface area (Å²) in [7, 11) is 1.59. The number of hydrogen-bond acceptors (Lipinski definition) is 7. The second-order valence-electron chi connectivity index (χ2n) is 7.70. The molecule has 3 aromatic rings. The Morgan fingerprint density at radius 3 is 2.43 bits per heavy atom. The third-order valence-electron chi connectivity index (χ3n) is 5.48. The van der Waals surface area contributed by atoms with Crippen molar-refractivity contribution < 1.29 is 23.8 Å². The number of amides is 1.